The first kappa shape index (κ1) is 18.3. The van der Waals surface area contributed by atoms with Crippen LogP contribution in [0.2, 0.25) is 0 Å². The number of halogens is 2. The molecule has 0 bridgehead atoms. The first-order chi connectivity index (χ1) is 13.3. The van der Waals surface area contributed by atoms with Crippen LogP contribution in [0.1, 0.15) is 32.5 Å². The zero-order chi connectivity index (χ0) is 19.9. The summed E-state index contributed by atoms with van der Waals surface area (Å²) in [5.41, 5.74) is 0.704. The van der Waals surface area contributed by atoms with Crippen molar-refractivity contribution in [1.29, 1.82) is 0 Å². The van der Waals surface area contributed by atoms with E-state index in [2.05, 4.69) is 20.3 Å². The number of alkyl halides is 2. The normalized spacial score (nSPS) is 14.6. The van der Waals surface area contributed by atoms with Crippen molar-refractivity contribution >= 4 is 28.4 Å². The number of hydrogen-bond acceptors (Lipinski definition) is 5. The molecule has 1 aliphatic heterocycles. The van der Waals surface area contributed by atoms with Crippen LogP contribution in [0.3, 0.4) is 0 Å². The average Bonchev–Trinajstić information content (AvgIpc) is 3.30. The van der Waals surface area contributed by atoms with Gasteiger partial charge >= 0.3 is 5.92 Å². The molecule has 0 unspecified atom stereocenters. The number of carbonyl (C=O) groups excluding carboxylic acids is 1. The SMILES string of the molecule is CC(=O)Nc1cc2c(ccn2-c2cc(N3CCCC3)nc(C(C)(F)F)n2)cn1. The molecule has 9 heteroatoms. The molecule has 0 spiro atoms. The Balaban J connectivity index is 1.85. The molecule has 0 aliphatic carbocycles. The zero-order valence-electron chi connectivity index (χ0n) is 15.6. The highest BCUT2D eigenvalue weighted by molar-refractivity contribution is 5.91. The molecular formula is C19H20F2N6O. The molecule has 1 fully saturated rings. The number of amides is 1. The quantitative estimate of drug-likeness (QED) is 0.743. The Kier molecular flexibility index (Phi) is 4.44. The fourth-order valence-electron chi connectivity index (χ4n) is 3.33. The average molecular weight is 386 g/mol. The number of anilines is 2. The lowest BCUT2D eigenvalue weighted by Gasteiger charge is -2.20. The van der Waals surface area contributed by atoms with Crippen molar-refractivity contribution in [2.24, 2.45) is 0 Å². The fourth-order valence-corrected chi connectivity index (χ4v) is 3.33. The minimum atomic E-state index is -3.16. The van der Waals surface area contributed by atoms with Crippen molar-refractivity contribution in [2.75, 3.05) is 23.3 Å². The zero-order valence-corrected chi connectivity index (χ0v) is 15.6. The Hall–Kier alpha value is -3.10. The molecule has 3 aromatic heterocycles. The van der Waals surface area contributed by atoms with E-state index in [0.717, 1.165) is 38.2 Å². The van der Waals surface area contributed by atoms with Gasteiger partial charge in [0.25, 0.3) is 0 Å². The van der Waals surface area contributed by atoms with Crippen LogP contribution in [0.15, 0.2) is 30.6 Å². The summed E-state index contributed by atoms with van der Waals surface area (Å²) in [6.45, 7) is 3.77. The number of nitrogens with zero attached hydrogens (tertiary/aromatic N) is 5. The molecule has 0 atom stereocenters. The predicted octanol–water partition coefficient (Wildman–Crippen LogP) is 3.49. The largest absolute Gasteiger partial charge is 0.356 e. The molecule has 146 valence electrons. The van der Waals surface area contributed by atoms with Crippen molar-refractivity contribution in [1.82, 2.24) is 19.5 Å². The van der Waals surface area contributed by atoms with Crippen LogP contribution >= 0.6 is 0 Å². The van der Waals surface area contributed by atoms with E-state index < -0.39 is 11.7 Å². The molecule has 0 saturated carbocycles. The highest BCUT2D eigenvalue weighted by Gasteiger charge is 2.30. The topological polar surface area (TPSA) is 75.9 Å². The van der Waals surface area contributed by atoms with Gasteiger partial charge in [0, 0.05) is 56.8 Å². The molecule has 4 heterocycles. The second-order valence-electron chi connectivity index (χ2n) is 6.99. The van der Waals surface area contributed by atoms with E-state index in [1.807, 2.05) is 11.0 Å². The number of fused-ring (bicyclic) bond motifs is 1. The predicted molar refractivity (Wildman–Crippen MR) is 102 cm³/mol. The smallest absolute Gasteiger partial charge is 0.303 e. The minimum absolute atomic E-state index is 0.240. The third kappa shape index (κ3) is 3.51. The highest BCUT2D eigenvalue weighted by atomic mass is 19.3. The maximum atomic E-state index is 14.1. The van der Waals surface area contributed by atoms with Crippen LogP contribution in [-0.2, 0) is 10.7 Å². The summed E-state index contributed by atoms with van der Waals surface area (Å²) in [6.07, 6.45) is 5.39. The van der Waals surface area contributed by atoms with Gasteiger partial charge in [-0.15, -0.1) is 0 Å². The molecule has 1 aliphatic rings. The van der Waals surface area contributed by atoms with E-state index in [9.17, 15) is 13.6 Å². The van der Waals surface area contributed by atoms with Gasteiger partial charge in [-0.25, -0.2) is 15.0 Å². The second-order valence-corrected chi connectivity index (χ2v) is 6.99. The van der Waals surface area contributed by atoms with Crippen LogP contribution in [0, 0.1) is 0 Å². The lowest BCUT2D eigenvalue weighted by Crippen LogP contribution is -2.23. The molecule has 1 amide bonds. The maximum Gasteiger partial charge on any atom is 0.303 e. The number of rotatable bonds is 4. The van der Waals surface area contributed by atoms with Gasteiger partial charge in [0.2, 0.25) is 11.7 Å². The van der Waals surface area contributed by atoms with Gasteiger partial charge < -0.3 is 14.8 Å². The number of nitrogens with one attached hydrogen (secondary N) is 1. The summed E-state index contributed by atoms with van der Waals surface area (Å²) in [4.78, 5) is 25.7. The molecular weight excluding hydrogens is 366 g/mol. The van der Waals surface area contributed by atoms with Crippen molar-refractivity contribution in [3.05, 3.63) is 36.4 Å². The van der Waals surface area contributed by atoms with Gasteiger partial charge in [-0.1, -0.05) is 0 Å². The molecule has 7 nitrogen and oxygen atoms in total. The summed E-state index contributed by atoms with van der Waals surface area (Å²) in [5, 5.41) is 3.44. The summed E-state index contributed by atoms with van der Waals surface area (Å²) >= 11 is 0. The van der Waals surface area contributed by atoms with Gasteiger partial charge in [0.05, 0.1) is 5.52 Å². The number of aromatic nitrogens is 4. The Morgan fingerprint density at radius 1 is 1.18 bits per heavy atom. The van der Waals surface area contributed by atoms with Crippen LogP contribution in [0.5, 0.6) is 0 Å². The van der Waals surface area contributed by atoms with Gasteiger partial charge in [-0.05, 0) is 18.9 Å². The first-order valence-electron chi connectivity index (χ1n) is 9.09. The fraction of sp³-hybridized carbons (Fsp3) is 0.368. The standard InChI is InChI=1S/C19H20F2N6O/c1-12(28)23-15-9-14-13(11-22-15)5-8-27(14)17-10-16(26-6-3-4-7-26)24-18(25-17)19(2,20)21/h5,8-11H,3-4,6-7H2,1-2H3,(H,22,23,28). The number of pyridine rings is 1. The first-order valence-corrected chi connectivity index (χ1v) is 9.09. The summed E-state index contributed by atoms with van der Waals surface area (Å²) in [7, 11) is 0. The molecule has 1 N–H and O–H groups in total. The van der Waals surface area contributed by atoms with E-state index in [0.29, 0.717) is 23.0 Å². The summed E-state index contributed by atoms with van der Waals surface area (Å²) in [5.74, 6) is -2.67. The third-order valence-electron chi connectivity index (χ3n) is 4.65. The van der Waals surface area contributed by atoms with Crippen molar-refractivity contribution < 1.29 is 13.6 Å². The Morgan fingerprint density at radius 2 is 1.89 bits per heavy atom. The van der Waals surface area contributed by atoms with Gasteiger partial charge in [-0.3, -0.25) is 4.79 Å². The van der Waals surface area contributed by atoms with Gasteiger partial charge in [0.1, 0.15) is 17.5 Å². The minimum Gasteiger partial charge on any atom is -0.356 e. The van der Waals surface area contributed by atoms with E-state index in [4.69, 9.17) is 0 Å². The van der Waals surface area contributed by atoms with Crippen LogP contribution in [0.4, 0.5) is 20.4 Å². The lowest BCUT2D eigenvalue weighted by atomic mass is 10.3. The summed E-state index contributed by atoms with van der Waals surface area (Å²) < 4.78 is 29.8. The monoisotopic (exact) mass is 386 g/mol. The van der Waals surface area contributed by atoms with Crippen LogP contribution in [0.25, 0.3) is 16.7 Å². The van der Waals surface area contributed by atoms with Crippen LogP contribution < -0.4 is 10.2 Å². The molecule has 4 rings (SSSR count). The van der Waals surface area contributed by atoms with Crippen molar-refractivity contribution in [2.45, 2.75) is 32.6 Å². The third-order valence-corrected chi connectivity index (χ3v) is 4.65. The lowest BCUT2D eigenvalue weighted by molar-refractivity contribution is -0.114. The van der Waals surface area contributed by atoms with E-state index in [1.54, 1.807) is 29.1 Å². The second kappa shape index (κ2) is 6.81. The van der Waals surface area contributed by atoms with Crippen molar-refractivity contribution in [3.8, 4) is 5.82 Å². The summed E-state index contributed by atoms with van der Waals surface area (Å²) in [6, 6.07) is 5.23. The Bertz CT molecular complexity index is 1040. The van der Waals surface area contributed by atoms with E-state index in [1.165, 1.54) is 6.92 Å². The number of hydrogen-bond donors (Lipinski definition) is 1. The molecule has 0 radical (unpaired) electrons. The van der Waals surface area contributed by atoms with Gasteiger partial charge in [0.15, 0.2) is 0 Å². The Labute approximate surface area is 160 Å². The number of carbonyl (C=O) groups is 1. The Morgan fingerprint density at radius 3 is 2.57 bits per heavy atom. The molecule has 28 heavy (non-hydrogen) atoms. The highest BCUT2D eigenvalue weighted by Crippen LogP contribution is 2.30. The maximum absolute atomic E-state index is 14.1. The van der Waals surface area contributed by atoms with Crippen LogP contribution in [-0.4, -0.2) is 38.5 Å². The van der Waals surface area contributed by atoms with E-state index in [-0.39, 0.29) is 5.91 Å². The molecule has 0 aromatic carbocycles. The van der Waals surface area contributed by atoms with E-state index >= 15 is 0 Å². The molecule has 1 saturated heterocycles. The van der Waals surface area contributed by atoms with Crippen molar-refractivity contribution in [3.63, 3.8) is 0 Å². The van der Waals surface area contributed by atoms with Gasteiger partial charge in [-0.2, -0.15) is 8.78 Å². The molecule has 3 aromatic rings.